The third kappa shape index (κ3) is 4.32. The van der Waals surface area contributed by atoms with Crippen molar-refractivity contribution in [1.29, 1.82) is 0 Å². The smallest absolute Gasteiger partial charge is 0.341 e. The Kier molecular flexibility index (Phi) is 5.82. The van der Waals surface area contributed by atoms with E-state index in [1.165, 1.54) is 32.9 Å². The Morgan fingerprint density at radius 1 is 1.48 bits per heavy atom. The molecule has 1 aliphatic heterocycles. The minimum Gasteiger partial charge on any atom is -0.465 e. The van der Waals surface area contributed by atoms with E-state index in [0.717, 1.165) is 18.8 Å². The normalized spacial score (nSPS) is 17.1. The summed E-state index contributed by atoms with van der Waals surface area (Å²) in [7, 11) is 1.39. The highest BCUT2D eigenvalue weighted by Gasteiger charge is 2.19. The summed E-state index contributed by atoms with van der Waals surface area (Å²) in [6.07, 6.45) is 3.56. The van der Waals surface area contributed by atoms with E-state index in [-0.39, 0.29) is 5.97 Å². The highest BCUT2D eigenvalue weighted by molar-refractivity contribution is 5.90. The van der Waals surface area contributed by atoms with Crippen molar-refractivity contribution in [2.75, 3.05) is 26.7 Å². The van der Waals surface area contributed by atoms with Crippen LogP contribution in [-0.2, 0) is 11.3 Å². The van der Waals surface area contributed by atoms with E-state index in [9.17, 15) is 4.79 Å². The van der Waals surface area contributed by atoms with Gasteiger partial charge in [-0.2, -0.15) is 0 Å². The van der Waals surface area contributed by atoms with Gasteiger partial charge in [0.05, 0.1) is 13.7 Å². The molecule has 1 aromatic heterocycles. The number of carbonyl (C=O) groups is 1. The minimum atomic E-state index is -0.338. The Morgan fingerprint density at radius 3 is 2.81 bits per heavy atom. The molecule has 0 atom stereocenters. The molecule has 118 valence electrons. The van der Waals surface area contributed by atoms with E-state index in [2.05, 4.69) is 17.1 Å². The Hall–Kier alpha value is -1.33. The third-order valence-corrected chi connectivity index (χ3v) is 4.07. The Balaban J connectivity index is 1.80. The van der Waals surface area contributed by atoms with Crippen LogP contribution < -0.4 is 5.32 Å². The lowest BCUT2D eigenvalue weighted by atomic mass is 10.0. The van der Waals surface area contributed by atoms with Crippen LogP contribution in [0.4, 0.5) is 0 Å². The molecule has 0 unspecified atom stereocenters. The SMILES string of the molecule is CCCN1CCC(NCc2cc(C(=O)OC)c(C)o2)CC1. The first-order chi connectivity index (χ1) is 10.1. The molecule has 5 nitrogen and oxygen atoms in total. The van der Waals surface area contributed by atoms with Gasteiger partial charge < -0.3 is 19.4 Å². The number of hydrogen-bond donors (Lipinski definition) is 1. The van der Waals surface area contributed by atoms with Gasteiger partial charge in [-0.25, -0.2) is 4.79 Å². The minimum absolute atomic E-state index is 0.338. The summed E-state index contributed by atoms with van der Waals surface area (Å²) in [6, 6.07) is 2.31. The van der Waals surface area contributed by atoms with Crippen LogP contribution in [0.2, 0.25) is 0 Å². The number of nitrogens with one attached hydrogen (secondary N) is 1. The van der Waals surface area contributed by atoms with E-state index >= 15 is 0 Å². The molecule has 1 saturated heterocycles. The summed E-state index contributed by atoms with van der Waals surface area (Å²) >= 11 is 0. The van der Waals surface area contributed by atoms with Crippen molar-refractivity contribution in [2.24, 2.45) is 0 Å². The summed E-state index contributed by atoms with van der Waals surface area (Å²) in [5.41, 5.74) is 0.520. The van der Waals surface area contributed by atoms with E-state index in [1.54, 1.807) is 13.0 Å². The van der Waals surface area contributed by atoms with E-state index in [0.29, 0.717) is 23.9 Å². The molecule has 1 aromatic rings. The zero-order valence-electron chi connectivity index (χ0n) is 13.3. The van der Waals surface area contributed by atoms with Gasteiger partial charge in [0, 0.05) is 6.04 Å². The van der Waals surface area contributed by atoms with Gasteiger partial charge in [-0.3, -0.25) is 0 Å². The molecule has 21 heavy (non-hydrogen) atoms. The summed E-state index contributed by atoms with van der Waals surface area (Å²) in [5.74, 6) is 1.08. The van der Waals surface area contributed by atoms with Gasteiger partial charge in [-0.1, -0.05) is 6.92 Å². The Labute approximate surface area is 126 Å². The highest BCUT2D eigenvalue weighted by Crippen LogP contribution is 2.17. The van der Waals surface area contributed by atoms with E-state index in [1.807, 2.05) is 0 Å². The zero-order chi connectivity index (χ0) is 15.2. The Bertz CT molecular complexity index is 462. The lowest BCUT2D eigenvalue weighted by Gasteiger charge is -2.32. The molecule has 0 saturated carbocycles. The number of piperidine rings is 1. The first kappa shape index (κ1) is 16.0. The second-order valence-electron chi connectivity index (χ2n) is 5.67. The number of carbonyl (C=O) groups excluding carboxylic acids is 1. The van der Waals surface area contributed by atoms with Gasteiger partial charge in [0.25, 0.3) is 0 Å². The van der Waals surface area contributed by atoms with Crippen LogP contribution in [0, 0.1) is 6.92 Å². The molecular weight excluding hydrogens is 268 g/mol. The second-order valence-corrected chi connectivity index (χ2v) is 5.67. The number of likely N-dealkylation sites (tertiary alicyclic amines) is 1. The van der Waals surface area contributed by atoms with Crippen LogP contribution in [0.15, 0.2) is 10.5 Å². The van der Waals surface area contributed by atoms with Gasteiger partial charge in [0.2, 0.25) is 0 Å². The molecule has 0 bridgehead atoms. The average molecular weight is 294 g/mol. The van der Waals surface area contributed by atoms with Crippen molar-refractivity contribution in [1.82, 2.24) is 10.2 Å². The predicted octanol–water partition coefficient (Wildman–Crippen LogP) is 2.34. The molecule has 0 spiro atoms. The van der Waals surface area contributed by atoms with Crippen LogP contribution in [0.1, 0.15) is 48.1 Å². The number of hydrogen-bond acceptors (Lipinski definition) is 5. The molecule has 1 N–H and O–H groups in total. The standard InChI is InChI=1S/C16H26N2O3/c1-4-7-18-8-5-13(6-9-18)17-11-14-10-15(12(2)21-14)16(19)20-3/h10,13,17H,4-9,11H2,1-3H3. The molecule has 2 heterocycles. The average Bonchev–Trinajstić information content (AvgIpc) is 2.87. The first-order valence-corrected chi connectivity index (χ1v) is 7.77. The van der Waals surface area contributed by atoms with Crippen molar-refractivity contribution >= 4 is 5.97 Å². The fourth-order valence-corrected chi connectivity index (χ4v) is 2.87. The molecule has 0 radical (unpaired) electrons. The van der Waals surface area contributed by atoms with Crippen LogP contribution in [-0.4, -0.2) is 43.7 Å². The number of rotatable bonds is 6. The van der Waals surface area contributed by atoms with E-state index < -0.39 is 0 Å². The third-order valence-electron chi connectivity index (χ3n) is 4.07. The highest BCUT2D eigenvalue weighted by atomic mass is 16.5. The van der Waals surface area contributed by atoms with Crippen LogP contribution in [0.25, 0.3) is 0 Å². The van der Waals surface area contributed by atoms with Crippen molar-refractivity contribution < 1.29 is 13.9 Å². The topological polar surface area (TPSA) is 54.7 Å². The lowest BCUT2D eigenvalue weighted by Crippen LogP contribution is -2.42. The number of furan rings is 1. The fraction of sp³-hybridized carbons (Fsp3) is 0.688. The summed E-state index contributed by atoms with van der Waals surface area (Å²) in [5, 5.41) is 3.53. The largest absolute Gasteiger partial charge is 0.465 e. The summed E-state index contributed by atoms with van der Waals surface area (Å²) < 4.78 is 10.3. The molecule has 2 rings (SSSR count). The Morgan fingerprint density at radius 2 is 2.19 bits per heavy atom. The van der Waals surface area contributed by atoms with Crippen molar-refractivity contribution in [3.63, 3.8) is 0 Å². The summed E-state index contributed by atoms with van der Waals surface area (Å²) in [6.45, 7) is 8.20. The van der Waals surface area contributed by atoms with Gasteiger partial charge in [0.15, 0.2) is 0 Å². The van der Waals surface area contributed by atoms with Crippen LogP contribution >= 0.6 is 0 Å². The number of aryl methyl sites for hydroxylation is 1. The lowest BCUT2D eigenvalue weighted by molar-refractivity contribution is 0.0599. The maximum absolute atomic E-state index is 11.5. The molecular formula is C16H26N2O3. The molecule has 5 heteroatoms. The number of methoxy groups -OCH3 is 1. The second kappa shape index (κ2) is 7.61. The van der Waals surface area contributed by atoms with Gasteiger partial charge in [-0.05, 0) is 51.9 Å². The fourth-order valence-electron chi connectivity index (χ4n) is 2.87. The first-order valence-electron chi connectivity index (χ1n) is 7.77. The predicted molar refractivity (Wildman–Crippen MR) is 81.4 cm³/mol. The number of ether oxygens (including phenoxy) is 1. The van der Waals surface area contributed by atoms with Gasteiger partial charge in [0.1, 0.15) is 17.1 Å². The van der Waals surface area contributed by atoms with Crippen LogP contribution in [0.3, 0.4) is 0 Å². The maximum Gasteiger partial charge on any atom is 0.341 e. The maximum atomic E-state index is 11.5. The van der Waals surface area contributed by atoms with E-state index in [4.69, 9.17) is 9.15 Å². The van der Waals surface area contributed by atoms with Crippen molar-refractivity contribution in [3.05, 3.63) is 23.2 Å². The zero-order valence-corrected chi connectivity index (χ0v) is 13.3. The molecule has 1 fully saturated rings. The number of esters is 1. The molecule has 0 aliphatic carbocycles. The number of nitrogens with zero attached hydrogens (tertiary/aromatic N) is 1. The van der Waals surface area contributed by atoms with Crippen molar-refractivity contribution in [3.8, 4) is 0 Å². The van der Waals surface area contributed by atoms with Crippen molar-refractivity contribution in [2.45, 2.75) is 45.7 Å². The van der Waals surface area contributed by atoms with Gasteiger partial charge >= 0.3 is 5.97 Å². The quantitative estimate of drug-likeness (QED) is 0.816. The monoisotopic (exact) mass is 294 g/mol. The van der Waals surface area contributed by atoms with Gasteiger partial charge in [-0.15, -0.1) is 0 Å². The van der Waals surface area contributed by atoms with Crippen LogP contribution in [0.5, 0.6) is 0 Å². The molecule has 0 aromatic carbocycles. The molecule has 0 amide bonds. The summed E-state index contributed by atoms with van der Waals surface area (Å²) in [4.78, 5) is 14.1. The molecule has 1 aliphatic rings.